The summed E-state index contributed by atoms with van der Waals surface area (Å²) in [6, 6.07) is 0. The molecular weight excluding hydrogens is 160 g/mol. The van der Waals surface area contributed by atoms with E-state index in [-0.39, 0.29) is 11.7 Å². The smallest absolute Gasteiger partial charge is 0.170 e. The predicted octanol–water partition coefficient (Wildman–Crippen LogP) is 2.44. The summed E-state index contributed by atoms with van der Waals surface area (Å²) in [5.74, 6) is -0.269. The molecule has 0 N–H and O–H groups in total. The second kappa shape index (κ2) is 3.05. The minimum Gasteiger partial charge on any atom is -0.293 e. The van der Waals surface area contributed by atoms with Gasteiger partial charge < -0.3 is 0 Å². The zero-order chi connectivity index (χ0) is 8.43. The van der Waals surface area contributed by atoms with Crippen molar-refractivity contribution in [2.75, 3.05) is 0 Å². The van der Waals surface area contributed by atoms with E-state index in [9.17, 15) is 4.79 Å². The number of carbonyl (C=O) groups is 1. The molecule has 0 spiro atoms. The zero-order valence-corrected chi connectivity index (χ0v) is 7.06. The van der Waals surface area contributed by atoms with Gasteiger partial charge in [-0.25, -0.2) is 0 Å². The summed E-state index contributed by atoms with van der Waals surface area (Å²) < 4.78 is 0. The van der Waals surface area contributed by atoms with Crippen LogP contribution in [0.1, 0.15) is 6.92 Å². The second-order valence-corrected chi connectivity index (χ2v) is 3.00. The Balaban J connectivity index is 2.78. The van der Waals surface area contributed by atoms with E-state index in [1.54, 1.807) is 25.2 Å². The summed E-state index contributed by atoms with van der Waals surface area (Å²) in [5.41, 5.74) is 0.549. The Labute approximate surface area is 71.0 Å². The second-order valence-electron chi connectivity index (χ2n) is 2.56. The fourth-order valence-corrected chi connectivity index (χ4v) is 1.18. The fraction of sp³-hybridized carbons (Fsp3) is 0.222. The molecule has 0 radical (unpaired) electrons. The van der Waals surface area contributed by atoms with Crippen molar-refractivity contribution >= 4 is 17.4 Å². The van der Waals surface area contributed by atoms with Gasteiger partial charge in [0.25, 0.3) is 0 Å². The number of carbonyl (C=O) groups excluding carboxylic acids is 1. The van der Waals surface area contributed by atoms with Gasteiger partial charge in [-0.2, -0.15) is 0 Å². The quantitative estimate of drug-likeness (QED) is 0.579. The lowest BCUT2D eigenvalue weighted by Gasteiger charge is -2.05. The lowest BCUT2D eigenvalue weighted by molar-refractivity contribution is -0.116. The summed E-state index contributed by atoms with van der Waals surface area (Å²) in [7, 11) is 0. The summed E-state index contributed by atoms with van der Waals surface area (Å²) in [5, 5.41) is 0.581. The number of ketones is 1. The summed E-state index contributed by atoms with van der Waals surface area (Å²) >= 11 is 5.75. The maximum atomic E-state index is 11.3. The van der Waals surface area contributed by atoms with Crippen LogP contribution in [0, 0.1) is 5.92 Å². The van der Waals surface area contributed by atoms with Crippen LogP contribution in [0.5, 0.6) is 0 Å². The number of hydrogen-bond acceptors (Lipinski definition) is 1. The topological polar surface area (TPSA) is 17.1 Å². The lowest BCUT2D eigenvalue weighted by Crippen LogP contribution is -2.10. The van der Waals surface area contributed by atoms with E-state index in [4.69, 9.17) is 11.6 Å². The molecule has 0 heterocycles. The van der Waals surface area contributed by atoms with Gasteiger partial charge in [0.05, 0.1) is 5.92 Å². The Morgan fingerprint density at radius 1 is 1.73 bits per heavy atom. The molecule has 2 heteroatoms. The number of halogens is 1. The molecule has 1 unspecified atom stereocenters. The van der Waals surface area contributed by atoms with Gasteiger partial charge in [-0.15, -0.1) is 0 Å². The molecule has 0 amide bonds. The molecule has 1 rings (SSSR count). The maximum Gasteiger partial charge on any atom is 0.170 e. The van der Waals surface area contributed by atoms with Crippen molar-refractivity contribution in [2.45, 2.75) is 6.92 Å². The van der Waals surface area contributed by atoms with Crippen LogP contribution < -0.4 is 0 Å². The van der Waals surface area contributed by atoms with Crippen LogP contribution in [-0.2, 0) is 4.79 Å². The Bertz CT molecular complexity index is 261. The molecule has 0 aliphatic heterocycles. The van der Waals surface area contributed by atoms with Crippen LogP contribution in [0.15, 0.2) is 35.4 Å². The zero-order valence-electron chi connectivity index (χ0n) is 6.30. The SMILES string of the molecule is C=C(C)C(=O)C1C=CC=C1Cl. The van der Waals surface area contributed by atoms with Crippen LogP contribution in [0.25, 0.3) is 0 Å². The fourth-order valence-electron chi connectivity index (χ4n) is 0.932. The van der Waals surface area contributed by atoms with Gasteiger partial charge in [-0.05, 0) is 18.6 Å². The average molecular weight is 169 g/mol. The number of Topliss-reactive ketones (excluding diaryl/α,β-unsaturated/α-hetero) is 1. The number of allylic oxidation sites excluding steroid dienone is 5. The highest BCUT2D eigenvalue weighted by Gasteiger charge is 2.21. The van der Waals surface area contributed by atoms with Gasteiger partial charge in [0.1, 0.15) is 0 Å². The van der Waals surface area contributed by atoms with Gasteiger partial charge in [-0.1, -0.05) is 30.3 Å². The third-order valence-electron chi connectivity index (χ3n) is 1.56. The number of rotatable bonds is 2. The third-order valence-corrected chi connectivity index (χ3v) is 1.92. The normalized spacial score (nSPS) is 21.6. The minimum absolute atomic E-state index is 0.000000000000000444. The lowest BCUT2D eigenvalue weighted by atomic mass is 10.0. The highest BCUT2D eigenvalue weighted by atomic mass is 35.5. The van der Waals surface area contributed by atoms with Crippen molar-refractivity contribution in [1.29, 1.82) is 0 Å². The van der Waals surface area contributed by atoms with Crippen molar-refractivity contribution in [3.05, 3.63) is 35.4 Å². The Morgan fingerprint density at radius 2 is 2.36 bits per heavy atom. The highest BCUT2D eigenvalue weighted by molar-refractivity contribution is 6.32. The van der Waals surface area contributed by atoms with Crippen molar-refractivity contribution < 1.29 is 4.79 Å². The molecule has 11 heavy (non-hydrogen) atoms. The first-order valence-corrected chi connectivity index (χ1v) is 3.74. The molecular formula is C9H9ClO. The summed E-state index contributed by atoms with van der Waals surface area (Å²) in [6.45, 7) is 5.26. The molecule has 1 aliphatic carbocycles. The highest BCUT2D eigenvalue weighted by Crippen LogP contribution is 2.25. The Hall–Kier alpha value is -0.820. The van der Waals surface area contributed by atoms with E-state index in [1.807, 2.05) is 0 Å². The van der Waals surface area contributed by atoms with Crippen molar-refractivity contribution in [1.82, 2.24) is 0 Å². The molecule has 0 aromatic heterocycles. The van der Waals surface area contributed by atoms with E-state index in [1.165, 1.54) is 0 Å². The van der Waals surface area contributed by atoms with Crippen molar-refractivity contribution in [2.24, 2.45) is 5.92 Å². The van der Waals surface area contributed by atoms with Crippen LogP contribution >= 0.6 is 11.6 Å². The molecule has 1 aliphatic rings. The van der Waals surface area contributed by atoms with Gasteiger partial charge in [0.15, 0.2) is 5.78 Å². The molecule has 0 fully saturated rings. The third kappa shape index (κ3) is 1.60. The van der Waals surface area contributed by atoms with Crippen LogP contribution in [0.2, 0.25) is 0 Å². The predicted molar refractivity (Wildman–Crippen MR) is 46.4 cm³/mol. The largest absolute Gasteiger partial charge is 0.293 e. The van der Waals surface area contributed by atoms with Crippen LogP contribution in [-0.4, -0.2) is 5.78 Å². The Morgan fingerprint density at radius 3 is 2.73 bits per heavy atom. The molecule has 0 bridgehead atoms. The average Bonchev–Trinajstić information content (AvgIpc) is 2.33. The van der Waals surface area contributed by atoms with Crippen LogP contribution in [0.3, 0.4) is 0 Å². The van der Waals surface area contributed by atoms with Crippen LogP contribution in [0.4, 0.5) is 0 Å². The van der Waals surface area contributed by atoms with E-state index in [2.05, 4.69) is 6.58 Å². The summed E-state index contributed by atoms with van der Waals surface area (Å²) in [6.07, 6.45) is 5.29. The Kier molecular flexibility index (Phi) is 2.30. The van der Waals surface area contributed by atoms with E-state index in [0.29, 0.717) is 10.6 Å². The van der Waals surface area contributed by atoms with Crippen molar-refractivity contribution in [3.8, 4) is 0 Å². The number of hydrogen-bond donors (Lipinski definition) is 0. The van der Waals surface area contributed by atoms with Crippen molar-refractivity contribution in [3.63, 3.8) is 0 Å². The first-order valence-electron chi connectivity index (χ1n) is 3.36. The molecule has 0 aromatic rings. The van der Waals surface area contributed by atoms with E-state index in [0.717, 1.165) is 0 Å². The molecule has 0 saturated carbocycles. The minimum atomic E-state index is -0.269. The summed E-state index contributed by atoms with van der Waals surface area (Å²) in [4.78, 5) is 11.3. The standard InChI is InChI=1S/C9H9ClO/c1-6(2)9(11)7-4-3-5-8(7)10/h3-5,7H,1H2,2H3. The molecule has 58 valence electrons. The molecule has 1 atom stereocenters. The monoisotopic (exact) mass is 168 g/mol. The first kappa shape index (κ1) is 8.28. The molecule has 0 aromatic carbocycles. The molecule has 0 saturated heterocycles. The van der Waals surface area contributed by atoms with Gasteiger partial charge in [-0.3, -0.25) is 4.79 Å². The molecule has 1 nitrogen and oxygen atoms in total. The van der Waals surface area contributed by atoms with Gasteiger partial charge in [0.2, 0.25) is 0 Å². The van der Waals surface area contributed by atoms with Gasteiger partial charge in [0, 0.05) is 5.03 Å². The van der Waals surface area contributed by atoms with E-state index < -0.39 is 0 Å². The van der Waals surface area contributed by atoms with Gasteiger partial charge >= 0.3 is 0 Å². The maximum absolute atomic E-state index is 11.3. The van der Waals surface area contributed by atoms with E-state index >= 15 is 0 Å². The first-order chi connectivity index (χ1) is 5.13.